The van der Waals surface area contributed by atoms with Crippen molar-refractivity contribution in [3.63, 3.8) is 0 Å². The highest BCUT2D eigenvalue weighted by Crippen LogP contribution is 2.26. The number of aromatic nitrogens is 3. The Bertz CT molecular complexity index is 1260. The van der Waals surface area contributed by atoms with Gasteiger partial charge >= 0.3 is 5.69 Å². The average Bonchev–Trinajstić information content (AvgIpc) is 2.87. The maximum absolute atomic E-state index is 13.2. The van der Waals surface area contributed by atoms with Crippen molar-refractivity contribution < 1.29 is 0 Å². The Morgan fingerprint density at radius 3 is 2.08 bits per heavy atom. The van der Waals surface area contributed by atoms with Crippen molar-refractivity contribution in [3.8, 4) is 5.69 Å². The molecule has 0 aliphatic carbocycles. The first-order valence-corrected chi connectivity index (χ1v) is 8.18. The van der Waals surface area contributed by atoms with Crippen LogP contribution < -0.4 is 11.2 Å². The largest absolute Gasteiger partial charge is 0.338 e. The normalized spacial score (nSPS) is 11.5. The first-order valence-electron chi connectivity index (χ1n) is 8.18. The van der Waals surface area contributed by atoms with Crippen molar-refractivity contribution in [2.45, 2.75) is 13.8 Å². The molecule has 0 unspecified atom stereocenters. The quantitative estimate of drug-likeness (QED) is 0.538. The fourth-order valence-electron chi connectivity index (χ4n) is 3.48. The maximum atomic E-state index is 13.2. The van der Waals surface area contributed by atoms with E-state index in [4.69, 9.17) is 0 Å². The second kappa shape index (κ2) is 5.21. The molecule has 0 aliphatic heterocycles. The van der Waals surface area contributed by atoms with Crippen molar-refractivity contribution >= 4 is 21.9 Å². The standard InChI is InChI=1S/C20H19N3O2/c1-12-5-8-14(9-6-12)23-19(24)18-17(22(4)20(23)25)15-11-13(2)7-10-16(15)21(18)3/h5-11H,1-4H3. The number of hydrogen-bond donors (Lipinski definition) is 0. The van der Waals surface area contributed by atoms with Gasteiger partial charge in [0.25, 0.3) is 5.56 Å². The molecule has 0 aliphatic rings. The molecule has 4 rings (SSSR count). The Labute approximate surface area is 144 Å². The van der Waals surface area contributed by atoms with Crippen LogP contribution in [0.4, 0.5) is 0 Å². The average molecular weight is 333 g/mol. The lowest BCUT2D eigenvalue weighted by Crippen LogP contribution is -2.38. The lowest BCUT2D eigenvalue weighted by molar-refractivity contribution is 0.769. The third-order valence-electron chi connectivity index (χ3n) is 4.84. The first kappa shape index (κ1) is 15.4. The molecule has 0 atom stereocenters. The molecule has 0 radical (unpaired) electrons. The monoisotopic (exact) mass is 333 g/mol. The van der Waals surface area contributed by atoms with Crippen molar-refractivity contribution in [3.05, 3.63) is 74.4 Å². The van der Waals surface area contributed by atoms with Gasteiger partial charge in [-0.05, 0) is 38.1 Å². The van der Waals surface area contributed by atoms with Gasteiger partial charge in [0.2, 0.25) is 0 Å². The van der Waals surface area contributed by atoms with E-state index in [9.17, 15) is 9.59 Å². The van der Waals surface area contributed by atoms with E-state index in [0.29, 0.717) is 16.7 Å². The SMILES string of the molecule is Cc1ccc(-n2c(=O)c3c(c4cc(C)ccc4n3C)n(C)c2=O)cc1. The summed E-state index contributed by atoms with van der Waals surface area (Å²) in [6.45, 7) is 3.98. The second-order valence-electron chi connectivity index (χ2n) is 6.59. The fraction of sp³-hybridized carbons (Fsp3) is 0.200. The van der Waals surface area contributed by atoms with Gasteiger partial charge in [-0.3, -0.25) is 9.36 Å². The van der Waals surface area contributed by atoms with Crippen LogP contribution in [-0.4, -0.2) is 13.7 Å². The Morgan fingerprint density at radius 2 is 1.40 bits per heavy atom. The highest BCUT2D eigenvalue weighted by atomic mass is 16.2. The van der Waals surface area contributed by atoms with Crippen LogP contribution >= 0.6 is 0 Å². The molecule has 0 N–H and O–H groups in total. The van der Waals surface area contributed by atoms with E-state index in [-0.39, 0.29) is 11.2 Å². The summed E-state index contributed by atoms with van der Waals surface area (Å²) in [4.78, 5) is 26.1. The van der Waals surface area contributed by atoms with Crippen LogP contribution in [-0.2, 0) is 14.1 Å². The molecule has 0 saturated carbocycles. The molecule has 0 spiro atoms. The van der Waals surface area contributed by atoms with Gasteiger partial charge < -0.3 is 4.57 Å². The molecule has 5 nitrogen and oxygen atoms in total. The number of rotatable bonds is 1. The minimum atomic E-state index is -0.338. The first-order chi connectivity index (χ1) is 11.9. The van der Waals surface area contributed by atoms with Crippen LogP contribution in [0.25, 0.3) is 27.6 Å². The van der Waals surface area contributed by atoms with E-state index in [1.165, 1.54) is 4.57 Å². The zero-order valence-electron chi connectivity index (χ0n) is 14.7. The molecule has 4 aromatic rings. The van der Waals surface area contributed by atoms with E-state index in [2.05, 4.69) is 0 Å². The summed E-state index contributed by atoms with van der Waals surface area (Å²) in [7, 11) is 3.59. The Hall–Kier alpha value is -3.08. The van der Waals surface area contributed by atoms with Crippen LogP contribution in [0.1, 0.15) is 11.1 Å². The summed E-state index contributed by atoms with van der Waals surface area (Å²) in [5.41, 5.74) is 4.27. The summed E-state index contributed by atoms with van der Waals surface area (Å²) < 4.78 is 4.68. The lowest BCUT2D eigenvalue weighted by atomic mass is 10.1. The zero-order chi connectivity index (χ0) is 17.9. The third-order valence-corrected chi connectivity index (χ3v) is 4.84. The zero-order valence-corrected chi connectivity index (χ0v) is 14.7. The molecule has 2 aromatic heterocycles. The third kappa shape index (κ3) is 2.09. The van der Waals surface area contributed by atoms with Gasteiger partial charge in [-0.2, -0.15) is 0 Å². The van der Waals surface area contributed by atoms with Gasteiger partial charge in [-0.15, -0.1) is 0 Å². The van der Waals surface area contributed by atoms with Crippen molar-refractivity contribution in [1.82, 2.24) is 13.7 Å². The summed E-state index contributed by atoms with van der Waals surface area (Å²) in [6.07, 6.45) is 0. The highest BCUT2D eigenvalue weighted by Gasteiger charge is 2.19. The summed E-state index contributed by atoms with van der Waals surface area (Å²) in [5, 5.41) is 0.922. The molecule has 0 amide bonds. The second-order valence-corrected chi connectivity index (χ2v) is 6.59. The predicted octanol–water partition coefficient (Wildman–Crippen LogP) is 2.80. The van der Waals surface area contributed by atoms with Gasteiger partial charge in [-0.25, -0.2) is 9.36 Å². The van der Waals surface area contributed by atoms with Gasteiger partial charge in [0.15, 0.2) is 0 Å². The van der Waals surface area contributed by atoms with E-state index >= 15 is 0 Å². The van der Waals surface area contributed by atoms with Gasteiger partial charge in [0.05, 0.1) is 16.7 Å². The lowest BCUT2D eigenvalue weighted by Gasteiger charge is -2.10. The summed E-state index contributed by atoms with van der Waals surface area (Å²) >= 11 is 0. The smallest absolute Gasteiger partial charge is 0.335 e. The van der Waals surface area contributed by atoms with Gasteiger partial charge in [0, 0.05) is 19.5 Å². The van der Waals surface area contributed by atoms with Crippen molar-refractivity contribution in [1.29, 1.82) is 0 Å². The minimum absolute atomic E-state index is 0.293. The molecule has 0 fully saturated rings. The maximum Gasteiger partial charge on any atom is 0.335 e. The highest BCUT2D eigenvalue weighted by molar-refractivity contribution is 6.05. The Kier molecular flexibility index (Phi) is 3.22. The molecule has 25 heavy (non-hydrogen) atoms. The Morgan fingerprint density at radius 1 is 0.760 bits per heavy atom. The minimum Gasteiger partial charge on any atom is -0.338 e. The van der Waals surface area contributed by atoms with Crippen molar-refractivity contribution in [2.75, 3.05) is 0 Å². The van der Waals surface area contributed by atoms with Gasteiger partial charge in [0.1, 0.15) is 5.52 Å². The molecular weight excluding hydrogens is 314 g/mol. The van der Waals surface area contributed by atoms with E-state index in [1.54, 1.807) is 23.7 Å². The number of hydrogen-bond acceptors (Lipinski definition) is 2. The fourth-order valence-corrected chi connectivity index (χ4v) is 3.48. The molecule has 2 aromatic carbocycles. The van der Waals surface area contributed by atoms with Crippen LogP contribution in [0.15, 0.2) is 52.1 Å². The van der Waals surface area contributed by atoms with E-state index in [1.807, 2.05) is 55.8 Å². The van der Waals surface area contributed by atoms with Crippen LogP contribution in [0.5, 0.6) is 0 Å². The van der Waals surface area contributed by atoms with E-state index in [0.717, 1.165) is 22.0 Å². The molecular formula is C20H19N3O2. The molecule has 0 bridgehead atoms. The Balaban J connectivity index is 2.24. The van der Waals surface area contributed by atoms with Crippen molar-refractivity contribution in [2.24, 2.45) is 14.1 Å². The number of nitrogens with zero attached hydrogens (tertiary/aromatic N) is 3. The number of aryl methyl sites for hydroxylation is 4. The molecule has 5 heteroatoms. The van der Waals surface area contributed by atoms with Gasteiger partial charge in [-0.1, -0.05) is 29.3 Å². The number of benzene rings is 2. The van der Waals surface area contributed by atoms with Crippen LogP contribution in [0.2, 0.25) is 0 Å². The summed E-state index contributed by atoms with van der Waals surface area (Å²) in [6, 6.07) is 13.4. The van der Waals surface area contributed by atoms with Crippen LogP contribution in [0.3, 0.4) is 0 Å². The topological polar surface area (TPSA) is 48.9 Å². The summed E-state index contributed by atoms with van der Waals surface area (Å²) in [5.74, 6) is 0. The molecule has 0 saturated heterocycles. The predicted molar refractivity (Wildman–Crippen MR) is 101 cm³/mol. The molecule has 2 heterocycles. The van der Waals surface area contributed by atoms with Crippen LogP contribution in [0, 0.1) is 13.8 Å². The number of fused-ring (bicyclic) bond motifs is 3. The van der Waals surface area contributed by atoms with E-state index < -0.39 is 0 Å². The molecule has 126 valence electrons.